The van der Waals surface area contributed by atoms with E-state index in [1.807, 2.05) is 19.9 Å². The first-order valence-electron chi connectivity index (χ1n) is 7.21. The molecule has 1 amide bonds. The molecule has 0 aromatic heterocycles. The maximum atomic E-state index is 11.7. The maximum absolute atomic E-state index is 11.7. The van der Waals surface area contributed by atoms with Gasteiger partial charge in [-0.2, -0.15) is 0 Å². The van der Waals surface area contributed by atoms with Crippen LogP contribution in [-0.4, -0.2) is 36.5 Å². The summed E-state index contributed by atoms with van der Waals surface area (Å²) >= 11 is 1.74. The fourth-order valence-corrected chi connectivity index (χ4v) is 3.18. The van der Waals surface area contributed by atoms with Gasteiger partial charge in [0.15, 0.2) is 5.17 Å². The monoisotopic (exact) mass is 305 g/mol. The number of hydrogen-bond acceptors (Lipinski definition) is 3. The van der Waals surface area contributed by atoms with Crippen LogP contribution in [-0.2, 0) is 11.2 Å². The molecule has 114 valence electrons. The largest absolute Gasteiger partial charge is 0.361 e. The van der Waals surface area contributed by atoms with Gasteiger partial charge in [0, 0.05) is 18.8 Å². The van der Waals surface area contributed by atoms with Crippen LogP contribution in [0.2, 0.25) is 0 Å². The van der Waals surface area contributed by atoms with Crippen molar-refractivity contribution in [1.29, 1.82) is 0 Å². The van der Waals surface area contributed by atoms with Crippen molar-refractivity contribution in [3.05, 3.63) is 35.9 Å². The molecule has 1 heterocycles. The number of benzene rings is 1. The molecule has 1 unspecified atom stereocenters. The molecule has 1 aromatic carbocycles. The van der Waals surface area contributed by atoms with Gasteiger partial charge < -0.3 is 10.6 Å². The van der Waals surface area contributed by atoms with Gasteiger partial charge in [-0.1, -0.05) is 42.1 Å². The normalized spacial score (nSPS) is 20.3. The second kappa shape index (κ2) is 6.98. The molecule has 2 N–H and O–H groups in total. The fourth-order valence-electron chi connectivity index (χ4n) is 2.22. The summed E-state index contributed by atoms with van der Waals surface area (Å²) in [5.41, 5.74) is 0.865. The lowest BCUT2D eigenvalue weighted by Gasteiger charge is -2.20. The number of thioether (sulfide) groups is 1. The van der Waals surface area contributed by atoms with Gasteiger partial charge in [0.1, 0.15) is 0 Å². The Labute approximate surface area is 130 Å². The number of amides is 1. The van der Waals surface area contributed by atoms with Gasteiger partial charge in [-0.3, -0.25) is 9.79 Å². The summed E-state index contributed by atoms with van der Waals surface area (Å²) in [4.78, 5) is 16.3. The number of nitrogens with one attached hydrogen (secondary N) is 2. The van der Waals surface area contributed by atoms with E-state index in [2.05, 4.69) is 39.9 Å². The van der Waals surface area contributed by atoms with Crippen LogP contribution >= 0.6 is 11.8 Å². The molecule has 21 heavy (non-hydrogen) atoms. The van der Waals surface area contributed by atoms with Gasteiger partial charge in [-0.25, -0.2) is 0 Å². The SMILES string of the molecule is CNC(=O)C(C)(C)CN=C1NC(Cc2ccccc2)CS1. The Kier molecular flexibility index (Phi) is 5.28. The summed E-state index contributed by atoms with van der Waals surface area (Å²) in [5.74, 6) is 1.05. The first kappa shape index (κ1) is 15.9. The standard InChI is InChI=1S/C16H23N3OS/c1-16(2,14(20)17-3)11-18-15-19-13(10-21-15)9-12-7-5-4-6-8-12/h4-8,13H,9-11H2,1-3H3,(H,17,20)(H,18,19). The molecule has 1 atom stereocenters. The van der Waals surface area contributed by atoms with Gasteiger partial charge in [0.2, 0.25) is 5.91 Å². The minimum atomic E-state index is -0.471. The third kappa shape index (κ3) is 4.49. The molecular weight excluding hydrogens is 282 g/mol. The van der Waals surface area contributed by atoms with Crippen LogP contribution in [0.15, 0.2) is 35.3 Å². The van der Waals surface area contributed by atoms with E-state index in [1.165, 1.54) is 5.56 Å². The summed E-state index contributed by atoms with van der Waals surface area (Å²) in [6.45, 7) is 4.33. The minimum Gasteiger partial charge on any atom is -0.361 e. The number of aliphatic imine (C=N–C) groups is 1. The number of hydrogen-bond donors (Lipinski definition) is 2. The number of amidine groups is 1. The van der Waals surface area contributed by atoms with Gasteiger partial charge in [0.05, 0.1) is 12.0 Å². The number of carbonyl (C=O) groups excluding carboxylic acids is 1. The molecule has 1 saturated heterocycles. The van der Waals surface area contributed by atoms with Crippen molar-refractivity contribution < 1.29 is 4.79 Å². The van der Waals surface area contributed by atoms with Gasteiger partial charge in [0.25, 0.3) is 0 Å². The van der Waals surface area contributed by atoms with Gasteiger partial charge in [-0.15, -0.1) is 0 Å². The van der Waals surface area contributed by atoms with Crippen LogP contribution in [0.25, 0.3) is 0 Å². The fraction of sp³-hybridized carbons (Fsp3) is 0.500. The molecule has 1 aromatic rings. The smallest absolute Gasteiger partial charge is 0.227 e. The highest BCUT2D eigenvalue weighted by atomic mass is 32.2. The Bertz CT molecular complexity index is 514. The third-order valence-electron chi connectivity index (χ3n) is 3.53. The predicted molar refractivity (Wildman–Crippen MR) is 89.7 cm³/mol. The summed E-state index contributed by atoms with van der Waals surface area (Å²) in [5, 5.41) is 7.09. The number of carbonyl (C=O) groups is 1. The Balaban J connectivity index is 1.87. The predicted octanol–water partition coefficient (Wildman–Crippen LogP) is 2.06. The van der Waals surface area contributed by atoms with Crippen LogP contribution in [0, 0.1) is 5.41 Å². The van der Waals surface area contributed by atoms with Crippen molar-refractivity contribution in [3.63, 3.8) is 0 Å². The zero-order valence-corrected chi connectivity index (χ0v) is 13.7. The maximum Gasteiger partial charge on any atom is 0.227 e. The highest BCUT2D eigenvalue weighted by Crippen LogP contribution is 2.20. The lowest BCUT2D eigenvalue weighted by atomic mass is 9.93. The Morgan fingerprint density at radius 2 is 2.14 bits per heavy atom. The lowest BCUT2D eigenvalue weighted by Crippen LogP contribution is -2.37. The first-order chi connectivity index (χ1) is 10.0. The van der Waals surface area contributed by atoms with E-state index in [0.717, 1.165) is 17.3 Å². The Hall–Kier alpha value is -1.49. The second-order valence-corrected chi connectivity index (χ2v) is 6.94. The van der Waals surface area contributed by atoms with E-state index < -0.39 is 5.41 Å². The average molecular weight is 305 g/mol. The average Bonchev–Trinajstić information content (AvgIpc) is 2.93. The van der Waals surface area contributed by atoms with Crippen LogP contribution in [0.4, 0.5) is 0 Å². The topological polar surface area (TPSA) is 53.5 Å². The Morgan fingerprint density at radius 1 is 1.43 bits per heavy atom. The molecule has 0 saturated carbocycles. The van der Waals surface area contributed by atoms with Crippen molar-refractivity contribution in [2.75, 3.05) is 19.3 Å². The Morgan fingerprint density at radius 3 is 2.81 bits per heavy atom. The van der Waals surface area contributed by atoms with E-state index in [-0.39, 0.29) is 5.91 Å². The molecule has 1 aliphatic rings. The van der Waals surface area contributed by atoms with E-state index in [4.69, 9.17) is 0 Å². The molecule has 0 bridgehead atoms. The van der Waals surface area contributed by atoms with Crippen LogP contribution in [0.5, 0.6) is 0 Å². The quantitative estimate of drug-likeness (QED) is 0.875. The summed E-state index contributed by atoms with van der Waals surface area (Å²) < 4.78 is 0. The molecule has 2 rings (SSSR count). The van der Waals surface area contributed by atoms with E-state index in [9.17, 15) is 4.79 Å². The molecule has 0 radical (unpaired) electrons. The first-order valence-corrected chi connectivity index (χ1v) is 8.20. The second-order valence-electron chi connectivity index (χ2n) is 5.93. The third-order valence-corrected chi connectivity index (χ3v) is 4.62. The highest BCUT2D eigenvalue weighted by molar-refractivity contribution is 8.14. The number of rotatable bonds is 5. The van der Waals surface area contributed by atoms with Crippen LogP contribution < -0.4 is 10.6 Å². The summed E-state index contributed by atoms with van der Waals surface area (Å²) in [6, 6.07) is 10.9. The molecule has 5 heteroatoms. The zero-order valence-electron chi connectivity index (χ0n) is 12.8. The van der Waals surface area contributed by atoms with E-state index >= 15 is 0 Å². The van der Waals surface area contributed by atoms with Crippen molar-refractivity contribution in [1.82, 2.24) is 10.6 Å². The molecule has 1 fully saturated rings. The molecule has 0 spiro atoms. The summed E-state index contributed by atoms with van der Waals surface area (Å²) in [6.07, 6.45) is 1.01. The van der Waals surface area contributed by atoms with Crippen molar-refractivity contribution in [3.8, 4) is 0 Å². The molecule has 4 nitrogen and oxygen atoms in total. The zero-order chi connectivity index (χ0) is 15.3. The van der Waals surface area contributed by atoms with E-state index in [0.29, 0.717) is 12.6 Å². The molecule has 0 aliphatic carbocycles. The van der Waals surface area contributed by atoms with Crippen molar-refractivity contribution >= 4 is 22.8 Å². The van der Waals surface area contributed by atoms with Gasteiger partial charge >= 0.3 is 0 Å². The highest BCUT2D eigenvalue weighted by Gasteiger charge is 2.27. The van der Waals surface area contributed by atoms with Gasteiger partial charge in [-0.05, 0) is 25.8 Å². The molecular formula is C16H23N3OS. The van der Waals surface area contributed by atoms with Crippen LogP contribution in [0.3, 0.4) is 0 Å². The summed E-state index contributed by atoms with van der Waals surface area (Å²) in [7, 11) is 1.66. The molecule has 1 aliphatic heterocycles. The van der Waals surface area contributed by atoms with Crippen LogP contribution in [0.1, 0.15) is 19.4 Å². The van der Waals surface area contributed by atoms with Crippen molar-refractivity contribution in [2.45, 2.75) is 26.3 Å². The number of nitrogens with zero attached hydrogens (tertiary/aromatic N) is 1. The minimum absolute atomic E-state index is 0.0238. The van der Waals surface area contributed by atoms with Crippen molar-refractivity contribution in [2.24, 2.45) is 10.4 Å². The van der Waals surface area contributed by atoms with E-state index in [1.54, 1.807) is 18.8 Å². The lowest BCUT2D eigenvalue weighted by molar-refractivity contribution is -0.128.